The van der Waals surface area contributed by atoms with Crippen LogP contribution in [0.25, 0.3) is 6.08 Å². The number of carbonyl (C=O) groups excluding carboxylic acids is 2. The molecule has 0 spiro atoms. The predicted octanol–water partition coefficient (Wildman–Crippen LogP) is 6.28. The van der Waals surface area contributed by atoms with E-state index in [9.17, 15) is 19.7 Å². The Morgan fingerprint density at radius 1 is 1.19 bits per heavy atom. The number of halogens is 2. The second-order valence-corrected chi connectivity index (χ2v) is 9.04. The highest BCUT2D eigenvalue weighted by molar-refractivity contribution is 9.10. The Morgan fingerprint density at radius 3 is 2.59 bits per heavy atom. The normalized spacial score (nSPS) is 13.8. The molecule has 0 saturated heterocycles. The van der Waals surface area contributed by atoms with Crippen LogP contribution in [0.4, 0.5) is 5.69 Å². The first-order valence-electron chi connectivity index (χ1n) is 10.9. The van der Waals surface area contributed by atoms with Crippen LogP contribution in [-0.2, 0) is 9.53 Å². The van der Waals surface area contributed by atoms with Gasteiger partial charge in [0, 0.05) is 22.2 Å². The minimum Gasteiger partial charge on any atom is -0.490 e. The van der Waals surface area contributed by atoms with Gasteiger partial charge < -0.3 is 14.2 Å². The molecule has 0 aliphatic carbocycles. The van der Waals surface area contributed by atoms with E-state index in [1.54, 1.807) is 62.4 Å². The van der Waals surface area contributed by atoms with Gasteiger partial charge in [-0.1, -0.05) is 17.7 Å². The fourth-order valence-electron chi connectivity index (χ4n) is 3.40. The van der Waals surface area contributed by atoms with E-state index in [1.807, 2.05) is 0 Å². The highest BCUT2D eigenvalue weighted by Gasteiger charge is 2.26. The smallest absolute Gasteiger partial charge is 0.363 e. The molecule has 0 saturated carbocycles. The summed E-state index contributed by atoms with van der Waals surface area (Å²) in [5.74, 6) is -0.947. The number of cyclic esters (lactones) is 1. The van der Waals surface area contributed by atoms with Crippen LogP contribution in [0.15, 0.2) is 69.8 Å². The molecular weight excluding hydrogens is 568 g/mol. The molecule has 4 rings (SSSR count). The van der Waals surface area contributed by atoms with Crippen molar-refractivity contribution in [3.63, 3.8) is 0 Å². The quantitative estimate of drug-likeness (QED) is 0.105. The molecule has 9 nitrogen and oxygen atoms in total. The van der Waals surface area contributed by atoms with Crippen LogP contribution in [-0.4, -0.2) is 29.4 Å². The van der Waals surface area contributed by atoms with Gasteiger partial charge in [0.2, 0.25) is 5.90 Å². The minimum absolute atomic E-state index is 0.0153. The Balaban J connectivity index is 1.65. The van der Waals surface area contributed by atoms with Gasteiger partial charge >= 0.3 is 11.9 Å². The molecule has 3 aromatic rings. The molecule has 1 aliphatic heterocycles. The van der Waals surface area contributed by atoms with Crippen LogP contribution in [0.3, 0.4) is 0 Å². The Kier molecular flexibility index (Phi) is 7.70. The van der Waals surface area contributed by atoms with Crippen molar-refractivity contribution in [3.8, 4) is 11.5 Å². The number of aryl methyl sites for hydroxylation is 1. The lowest BCUT2D eigenvalue weighted by atomic mass is 10.1. The summed E-state index contributed by atoms with van der Waals surface area (Å²) < 4.78 is 16.9. The van der Waals surface area contributed by atoms with Gasteiger partial charge in [-0.05, 0) is 83.9 Å². The molecule has 1 aliphatic rings. The van der Waals surface area contributed by atoms with E-state index in [0.717, 1.165) is 0 Å². The zero-order chi connectivity index (χ0) is 26.7. The van der Waals surface area contributed by atoms with Crippen molar-refractivity contribution < 1.29 is 28.7 Å². The lowest BCUT2D eigenvalue weighted by Gasteiger charge is -2.13. The molecule has 0 bridgehead atoms. The zero-order valence-electron chi connectivity index (χ0n) is 19.5. The number of esters is 2. The Labute approximate surface area is 224 Å². The van der Waals surface area contributed by atoms with Gasteiger partial charge in [0.25, 0.3) is 5.69 Å². The number of ether oxygens (including phenoxy) is 3. The maximum Gasteiger partial charge on any atom is 0.363 e. The molecule has 0 atom stereocenters. The predicted molar refractivity (Wildman–Crippen MR) is 140 cm³/mol. The standard InChI is InChI=1S/C26H18BrClN2O7/c1-3-35-22-12-15(10-19(27)23(22)36-25(31)16-6-8-18(28)9-7-16)11-20-26(32)37-24(29-20)17-5-4-14(2)21(13-17)30(33)34/h4-13H,3H2,1-2H3/b20-11-. The largest absolute Gasteiger partial charge is 0.490 e. The Hall–Kier alpha value is -4.02. The first-order valence-corrected chi connectivity index (χ1v) is 12.1. The van der Waals surface area contributed by atoms with E-state index in [1.165, 1.54) is 12.1 Å². The van der Waals surface area contributed by atoms with Crippen LogP contribution in [0.1, 0.15) is 34.0 Å². The Morgan fingerprint density at radius 2 is 1.92 bits per heavy atom. The summed E-state index contributed by atoms with van der Waals surface area (Å²) in [5.41, 5.74) is 1.46. The lowest BCUT2D eigenvalue weighted by molar-refractivity contribution is -0.385. The van der Waals surface area contributed by atoms with Gasteiger partial charge in [-0.25, -0.2) is 14.6 Å². The number of rotatable bonds is 7. The molecule has 37 heavy (non-hydrogen) atoms. The van der Waals surface area contributed by atoms with Crippen molar-refractivity contribution >= 4 is 57.1 Å². The highest BCUT2D eigenvalue weighted by Crippen LogP contribution is 2.38. The van der Waals surface area contributed by atoms with Crippen molar-refractivity contribution in [1.82, 2.24) is 0 Å². The van der Waals surface area contributed by atoms with Gasteiger partial charge in [-0.3, -0.25) is 10.1 Å². The molecular formula is C26H18BrClN2O7. The van der Waals surface area contributed by atoms with Crippen molar-refractivity contribution in [2.45, 2.75) is 13.8 Å². The maximum atomic E-state index is 12.6. The molecule has 0 radical (unpaired) electrons. The van der Waals surface area contributed by atoms with E-state index in [4.69, 9.17) is 25.8 Å². The summed E-state index contributed by atoms with van der Waals surface area (Å²) in [6, 6.07) is 13.9. The summed E-state index contributed by atoms with van der Waals surface area (Å²) in [5, 5.41) is 11.7. The number of hydrogen-bond acceptors (Lipinski definition) is 8. The molecule has 188 valence electrons. The van der Waals surface area contributed by atoms with Crippen LogP contribution >= 0.6 is 27.5 Å². The number of aliphatic imine (C=N–C) groups is 1. The molecule has 0 amide bonds. The molecule has 0 unspecified atom stereocenters. The summed E-state index contributed by atoms with van der Waals surface area (Å²) in [6.45, 7) is 3.67. The number of nitro groups is 1. The average molecular weight is 586 g/mol. The number of nitro benzene ring substituents is 1. The average Bonchev–Trinajstić information content (AvgIpc) is 3.21. The number of nitrogens with zero attached hydrogens (tertiary/aromatic N) is 2. The summed E-state index contributed by atoms with van der Waals surface area (Å²) in [6.07, 6.45) is 1.47. The van der Waals surface area contributed by atoms with Gasteiger partial charge in [-0.15, -0.1) is 0 Å². The van der Waals surface area contributed by atoms with Crippen molar-refractivity contribution in [3.05, 3.63) is 102 Å². The van der Waals surface area contributed by atoms with Crippen molar-refractivity contribution in [2.24, 2.45) is 4.99 Å². The third-order valence-corrected chi connectivity index (χ3v) is 6.02. The van der Waals surface area contributed by atoms with E-state index < -0.39 is 16.9 Å². The third kappa shape index (κ3) is 5.87. The van der Waals surface area contributed by atoms with E-state index >= 15 is 0 Å². The summed E-state index contributed by atoms with van der Waals surface area (Å²) in [7, 11) is 0. The monoisotopic (exact) mass is 584 g/mol. The second-order valence-electron chi connectivity index (χ2n) is 7.75. The highest BCUT2D eigenvalue weighted by atomic mass is 79.9. The molecule has 3 aromatic carbocycles. The van der Waals surface area contributed by atoms with Gasteiger partial charge in [0.1, 0.15) is 0 Å². The van der Waals surface area contributed by atoms with Gasteiger partial charge in [0.05, 0.1) is 21.6 Å². The topological polar surface area (TPSA) is 117 Å². The summed E-state index contributed by atoms with van der Waals surface area (Å²) >= 11 is 9.28. The second kappa shape index (κ2) is 10.9. The minimum atomic E-state index is -0.717. The van der Waals surface area contributed by atoms with Crippen LogP contribution in [0.2, 0.25) is 5.02 Å². The van der Waals surface area contributed by atoms with Crippen LogP contribution < -0.4 is 9.47 Å². The first kappa shape index (κ1) is 26.1. The number of benzene rings is 3. The van der Waals surface area contributed by atoms with Gasteiger partial charge in [0.15, 0.2) is 17.2 Å². The molecule has 0 N–H and O–H groups in total. The third-order valence-electron chi connectivity index (χ3n) is 5.18. The zero-order valence-corrected chi connectivity index (χ0v) is 21.8. The molecule has 0 fully saturated rings. The van der Waals surface area contributed by atoms with Crippen LogP contribution in [0.5, 0.6) is 11.5 Å². The van der Waals surface area contributed by atoms with Crippen LogP contribution in [0, 0.1) is 17.0 Å². The van der Waals surface area contributed by atoms with E-state index in [-0.39, 0.29) is 35.4 Å². The fourth-order valence-corrected chi connectivity index (χ4v) is 4.07. The maximum absolute atomic E-state index is 12.6. The van der Waals surface area contributed by atoms with E-state index in [2.05, 4.69) is 20.9 Å². The SMILES string of the molecule is CCOc1cc(/C=C2\N=C(c3ccc(C)c([N+](=O)[O-])c3)OC2=O)cc(Br)c1OC(=O)c1ccc(Cl)cc1. The first-order chi connectivity index (χ1) is 17.7. The van der Waals surface area contributed by atoms with Crippen molar-refractivity contribution in [2.75, 3.05) is 6.61 Å². The lowest BCUT2D eigenvalue weighted by Crippen LogP contribution is -2.10. The fraction of sp³-hybridized carbons (Fsp3) is 0.115. The Bertz CT molecular complexity index is 1480. The molecule has 0 aromatic heterocycles. The molecule has 11 heteroatoms. The molecule has 1 heterocycles. The summed E-state index contributed by atoms with van der Waals surface area (Å²) in [4.78, 5) is 40.1. The number of carbonyl (C=O) groups is 2. The number of hydrogen-bond donors (Lipinski definition) is 0. The van der Waals surface area contributed by atoms with Crippen molar-refractivity contribution in [1.29, 1.82) is 0 Å². The van der Waals surface area contributed by atoms with E-state index in [0.29, 0.717) is 31.7 Å². The van der Waals surface area contributed by atoms with Gasteiger partial charge in [-0.2, -0.15) is 0 Å².